The quantitative estimate of drug-likeness (QED) is 0.543. The van der Waals surface area contributed by atoms with Gasteiger partial charge in [0.15, 0.2) is 11.2 Å². The van der Waals surface area contributed by atoms with Gasteiger partial charge in [-0.1, -0.05) is 12.8 Å². The standard InChI is InChI=1S/C15H23N7O3/c1-21-13(24)11-12(22(15(21)25)10-4-2-3-5-10)19-20-14(18-11)17-7-6-16-8-9-23/h10,16,23H,2-9H2,1H3,(H,17,18,20). The molecule has 10 heteroatoms. The van der Waals surface area contributed by atoms with Gasteiger partial charge in [-0.25, -0.2) is 9.78 Å². The van der Waals surface area contributed by atoms with Gasteiger partial charge in [0.1, 0.15) is 0 Å². The molecule has 0 aromatic carbocycles. The summed E-state index contributed by atoms with van der Waals surface area (Å²) in [4.78, 5) is 29.2. The molecule has 0 aliphatic heterocycles. The van der Waals surface area contributed by atoms with Crippen LogP contribution in [0.25, 0.3) is 11.2 Å². The first-order valence-electron chi connectivity index (χ1n) is 8.55. The number of fused-ring (bicyclic) bond motifs is 1. The highest BCUT2D eigenvalue weighted by atomic mass is 16.3. The van der Waals surface area contributed by atoms with Crippen LogP contribution < -0.4 is 21.9 Å². The van der Waals surface area contributed by atoms with Crippen LogP contribution in [0.2, 0.25) is 0 Å². The maximum absolute atomic E-state index is 12.5. The minimum absolute atomic E-state index is 0.0411. The van der Waals surface area contributed by atoms with Gasteiger partial charge in [0.2, 0.25) is 5.95 Å². The van der Waals surface area contributed by atoms with E-state index in [0.717, 1.165) is 30.3 Å². The zero-order valence-corrected chi connectivity index (χ0v) is 14.2. The molecule has 0 spiro atoms. The zero-order valence-electron chi connectivity index (χ0n) is 14.2. The van der Waals surface area contributed by atoms with E-state index in [4.69, 9.17) is 5.11 Å². The first kappa shape index (κ1) is 17.5. The fraction of sp³-hybridized carbons (Fsp3) is 0.667. The van der Waals surface area contributed by atoms with E-state index in [0.29, 0.717) is 19.6 Å². The minimum atomic E-state index is -0.467. The number of aliphatic hydroxyl groups is 1. The summed E-state index contributed by atoms with van der Waals surface area (Å²) in [6.45, 7) is 1.72. The van der Waals surface area contributed by atoms with Gasteiger partial charge in [0, 0.05) is 32.7 Å². The smallest absolute Gasteiger partial charge is 0.332 e. The molecule has 0 saturated heterocycles. The van der Waals surface area contributed by atoms with E-state index in [2.05, 4.69) is 25.8 Å². The highest BCUT2D eigenvalue weighted by Crippen LogP contribution is 2.29. The molecule has 0 atom stereocenters. The Kier molecular flexibility index (Phi) is 5.39. The van der Waals surface area contributed by atoms with Crippen molar-refractivity contribution in [3.05, 3.63) is 20.8 Å². The van der Waals surface area contributed by atoms with Crippen molar-refractivity contribution in [3.63, 3.8) is 0 Å². The van der Waals surface area contributed by atoms with Crippen LogP contribution in [0.3, 0.4) is 0 Å². The van der Waals surface area contributed by atoms with Crippen molar-refractivity contribution >= 4 is 17.1 Å². The Morgan fingerprint density at radius 1 is 1.16 bits per heavy atom. The normalized spacial score (nSPS) is 15.1. The van der Waals surface area contributed by atoms with E-state index in [-0.39, 0.29) is 35.5 Å². The average molecular weight is 349 g/mol. The van der Waals surface area contributed by atoms with E-state index in [1.807, 2.05) is 0 Å². The third-order valence-corrected chi connectivity index (χ3v) is 4.46. The van der Waals surface area contributed by atoms with Crippen LogP contribution in [-0.2, 0) is 7.05 Å². The second-order valence-corrected chi connectivity index (χ2v) is 6.16. The van der Waals surface area contributed by atoms with Gasteiger partial charge >= 0.3 is 5.69 Å². The average Bonchev–Trinajstić information content (AvgIpc) is 3.14. The van der Waals surface area contributed by atoms with Gasteiger partial charge in [-0.05, 0) is 12.8 Å². The lowest BCUT2D eigenvalue weighted by atomic mass is 10.2. The van der Waals surface area contributed by atoms with Crippen molar-refractivity contribution in [2.75, 3.05) is 31.6 Å². The molecular formula is C15H23N7O3. The minimum Gasteiger partial charge on any atom is -0.395 e. The van der Waals surface area contributed by atoms with E-state index in [9.17, 15) is 9.59 Å². The topological polar surface area (TPSA) is 127 Å². The number of anilines is 1. The number of aromatic nitrogens is 5. The molecular weight excluding hydrogens is 326 g/mol. The van der Waals surface area contributed by atoms with Crippen molar-refractivity contribution in [1.29, 1.82) is 0 Å². The van der Waals surface area contributed by atoms with Crippen LogP contribution >= 0.6 is 0 Å². The van der Waals surface area contributed by atoms with Gasteiger partial charge in [0.25, 0.3) is 5.56 Å². The Morgan fingerprint density at radius 3 is 2.64 bits per heavy atom. The summed E-state index contributed by atoms with van der Waals surface area (Å²) in [5.41, 5.74) is -0.432. The van der Waals surface area contributed by atoms with Gasteiger partial charge in [-0.3, -0.25) is 13.9 Å². The lowest BCUT2D eigenvalue weighted by Crippen LogP contribution is -2.40. The first-order chi connectivity index (χ1) is 12.1. The number of nitrogens with zero attached hydrogens (tertiary/aromatic N) is 5. The molecule has 1 saturated carbocycles. The molecule has 1 aliphatic rings. The van der Waals surface area contributed by atoms with Crippen LogP contribution in [-0.4, -0.2) is 55.7 Å². The molecule has 3 rings (SSSR count). The Balaban J connectivity index is 1.93. The van der Waals surface area contributed by atoms with E-state index in [1.54, 1.807) is 4.57 Å². The molecule has 0 bridgehead atoms. The van der Waals surface area contributed by atoms with Crippen molar-refractivity contribution < 1.29 is 5.11 Å². The molecule has 0 radical (unpaired) electrons. The van der Waals surface area contributed by atoms with Crippen LogP contribution in [0, 0.1) is 0 Å². The molecule has 2 heterocycles. The second kappa shape index (κ2) is 7.70. The molecule has 25 heavy (non-hydrogen) atoms. The predicted octanol–water partition coefficient (Wildman–Crippen LogP) is -1.01. The maximum atomic E-state index is 12.5. The number of nitrogens with one attached hydrogen (secondary N) is 2. The molecule has 0 amide bonds. The molecule has 136 valence electrons. The highest BCUT2D eigenvalue weighted by molar-refractivity contribution is 5.69. The van der Waals surface area contributed by atoms with Gasteiger partial charge < -0.3 is 15.7 Å². The molecule has 3 N–H and O–H groups in total. The number of aliphatic hydroxyl groups excluding tert-OH is 1. The predicted molar refractivity (Wildman–Crippen MR) is 92.8 cm³/mol. The molecule has 2 aromatic rings. The number of hydrogen-bond donors (Lipinski definition) is 3. The lowest BCUT2D eigenvalue weighted by molar-refractivity contribution is 0.293. The van der Waals surface area contributed by atoms with Gasteiger partial charge in [0.05, 0.1) is 6.61 Å². The Labute approximate surface area is 143 Å². The van der Waals surface area contributed by atoms with Crippen LogP contribution in [0.1, 0.15) is 31.7 Å². The second-order valence-electron chi connectivity index (χ2n) is 6.16. The first-order valence-corrected chi connectivity index (χ1v) is 8.55. The largest absolute Gasteiger partial charge is 0.395 e. The fourth-order valence-corrected chi connectivity index (χ4v) is 3.16. The summed E-state index contributed by atoms with van der Waals surface area (Å²) in [5.74, 6) is 0.243. The van der Waals surface area contributed by atoms with E-state index < -0.39 is 5.56 Å². The molecule has 1 aliphatic carbocycles. The van der Waals surface area contributed by atoms with Gasteiger partial charge in [-0.2, -0.15) is 0 Å². The number of hydrogen-bond acceptors (Lipinski definition) is 8. The van der Waals surface area contributed by atoms with Crippen LogP contribution in [0.15, 0.2) is 9.59 Å². The van der Waals surface area contributed by atoms with E-state index in [1.165, 1.54) is 7.05 Å². The van der Waals surface area contributed by atoms with E-state index >= 15 is 0 Å². The van der Waals surface area contributed by atoms with Crippen LogP contribution in [0.5, 0.6) is 0 Å². The summed E-state index contributed by atoms with van der Waals surface area (Å²) < 4.78 is 2.65. The number of rotatable bonds is 7. The molecule has 2 aromatic heterocycles. The van der Waals surface area contributed by atoms with Crippen molar-refractivity contribution in [1.82, 2.24) is 29.6 Å². The Morgan fingerprint density at radius 2 is 1.92 bits per heavy atom. The summed E-state index contributed by atoms with van der Waals surface area (Å²) in [6, 6.07) is 0.0411. The molecule has 0 unspecified atom stereocenters. The van der Waals surface area contributed by atoms with Crippen molar-refractivity contribution in [2.45, 2.75) is 31.7 Å². The monoisotopic (exact) mass is 349 g/mol. The Bertz CT molecular complexity index is 855. The summed E-state index contributed by atoms with van der Waals surface area (Å²) in [5, 5.41) is 22.8. The van der Waals surface area contributed by atoms with Crippen molar-refractivity contribution in [2.24, 2.45) is 7.05 Å². The summed E-state index contributed by atoms with van der Waals surface area (Å²) in [7, 11) is 1.46. The highest BCUT2D eigenvalue weighted by Gasteiger charge is 2.24. The lowest BCUT2D eigenvalue weighted by Gasteiger charge is -2.16. The summed E-state index contributed by atoms with van der Waals surface area (Å²) in [6.07, 6.45) is 3.91. The molecule has 10 nitrogen and oxygen atoms in total. The molecule has 1 fully saturated rings. The summed E-state index contributed by atoms with van der Waals surface area (Å²) >= 11 is 0. The van der Waals surface area contributed by atoms with Gasteiger partial charge in [-0.15, -0.1) is 10.2 Å². The SMILES string of the molecule is Cn1c(=O)c2nc(NCCNCCO)nnc2n(C2CCCC2)c1=O. The maximum Gasteiger partial charge on any atom is 0.332 e. The zero-order chi connectivity index (χ0) is 17.8. The third kappa shape index (κ3) is 3.54. The third-order valence-electron chi connectivity index (χ3n) is 4.46. The fourth-order valence-electron chi connectivity index (χ4n) is 3.16. The van der Waals surface area contributed by atoms with Crippen molar-refractivity contribution in [3.8, 4) is 0 Å². The van der Waals surface area contributed by atoms with Crippen LogP contribution in [0.4, 0.5) is 5.95 Å². The Hall–Kier alpha value is -2.33.